The van der Waals surface area contributed by atoms with Gasteiger partial charge in [0.1, 0.15) is 0 Å². The maximum Gasteiger partial charge on any atom is 0.0681 e. The van der Waals surface area contributed by atoms with E-state index in [1.54, 1.807) is 6.07 Å². The highest BCUT2D eigenvalue weighted by molar-refractivity contribution is 7.80. The van der Waals surface area contributed by atoms with Gasteiger partial charge < -0.3 is 14.4 Å². The highest BCUT2D eigenvalue weighted by Crippen LogP contribution is 2.14. The van der Waals surface area contributed by atoms with Crippen LogP contribution in [-0.2, 0) is 30.7 Å². The summed E-state index contributed by atoms with van der Waals surface area (Å²) in [6.07, 6.45) is 1.66. The minimum absolute atomic E-state index is 0.0442. The highest BCUT2D eigenvalue weighted by atomic mass is 32.2. The summed E-state index contributed by atoms with van der Waals surface area (Å²) in [4.78, 5) is 0. The fourth-order valence-corrected chi connectivity index (χ4v) is 2.38. The molecule has 0 saturated carbocycles. The molecule has 0 spiro atoms. The summed E-state index contributed by atoms with van der Waals surface area (Å²) >= 11 is -2.30. The van der Waals surface area contributed by atoms with Gasteiger partial charge in [-0.05, 0) is 41.7 Å². The molecule has 0 aromatic heterocycles. The zero-order chi connectivity index (χ0) is 14.4. The molecular weight excluding hydrogens is 274 g/mol. The summed E-state index contributed by atoms with van der Waals surface area (Å²) in [7, 11) is 0. The van der Waals surface area contributed by atoms with E-state index in [0.717, 1.165) is 29.5 Å². The van der Waals surface area contributed by atoms with Gasteiger partial charge in [-0.3, -0.25) is 4.21 Å². The number of aliphatic hydroxyl groups is 1. The molecule has 2 N–H and O–H groups in total. The third-order valence-electron chi connectivity index (χ3n) is 3.00. The number of aryl methyl sites for hydroxylation is 2. The molecule has 106 valence electrons. The topological polar surface area (TPSA) is 72.4 Å². The van der Waals surface area contributed by atoms with E-state index in [2.05, 4.69) is 4.72 Å². The molecule has 2 aromatic carbocycles. The molecule has 2 rings (SSSR count). The van der Waals surface area contributed by atoms with Gasteiger partial charge in [0, 0.05) is 17.0 Å². The molecule has 0 fully saturated rings. The number of anilines is 1. The molecule has 1 unspecified atom stereocenters. The van der Waals surface area contributed by atoms with Crippen LogP contribution in [0.25, 0.3) is 0 Å². The lowest BCUT2D eigenvalue weighted by Crippen LogP contribution is -2.02. The van der Waals surface area contributed by atoms with Crippen molar-refractivity contribution in [1.29, 1.82) is 0 Å². The van der Waals surface area contributed by atoms with Crippen molar-refractivity contribution < 1.29 is 13.9 Å². The van der Waals surface area contributed by atoms with Gasteiger partial charge in [-0.25, -0.2) is 0 Å². The first-order valence-electron chi connectivity index (χ1n) is 6.31. The normalized spacial score (nSPS) is 12.1. The van der Waals surface area contributed by atoms with Crippen LogP contribution in [0.5, 0.6) is 0 Å². The molecular formula is C15H16NO3S-. The number of hydrogen-bond acceptors (Lipinski definition) is 3. The van der Waals surface area contributed by atoms with Crippen LogP contribution in [0.1, 0.15) is 16.7 Å². The van der Waals surface area contributed by atoms with Crippen LogP contribution in [0.2, 0.25) is 0 Å². The van der Waals surface area contributed by atoms with Crippen molar-refractivity contribution in [2.75, 3.05) is 4.72 Å². The third kappa shape index (κ3) is 4.45. The minimum atomic E-state index is -2.30. The molecule has 0 saturated heterocycles. The standard InChI is InChI=1S/C15H17NO3S/c17-11-14-5-1-3-12(9-14)7-8-13-4-2-6-15(10-13)16-20(18)19/h1-6,9-10,16-17H,7-8,11H2,(H,18,19)/p-1. The number of nitrogens with one attached hydrogen (secondary N) is 1. The van der Waals surface area contributed by atoms with Crippen LogP contribution in [0.4, 0.5) is 5.69 Å². The van der Waals surface area contributed by atoms with Gasteiger partial charge in [-0.2, -0.15) is 0 Å². The Hall–Kier alpha value is -1.69. The number of hydrogen-bond donors (Lipinski definition) is 2. The Kier molecular flexibility index (Phi) is 5.29. The van der Waals surface area contributed by atoms with E-state index in [1.165, 1.54) is 0 Å². The van der Waals surface area contributed by atoms with Crippen molar-refractivity contribution in [3.63, 3.8) is 0 Å². The van der Waals surface area contributed by atoms with E-state index in [4.69, 9.17) is 5.11 Å². The maximum atomic E-state index is 10.6. The molecule has 5 heteroatoms. The van der Waals surface area contributed by atoms with E-state index in [0.29, 0.717) is 5.69 Å². The van der Waals surface area contributed by atoms with E-state index in [9.17, 15) is 8.76 Å². The Labute approximate surface area is 120 Å². The molecule has 0 radical (unpaired) electrons. The lowest BCUT2D eigenvalue weighted by Gasteiger charge is -2.10. The molecule has 0 bridgehead atoms. The van der Waals surface area contributed by atoms with Crippen molar-refractivity contribution in [3.8, 4) is 0 Å². The van der Waals surface area contributed by atoms with Crippen LogP contribution >= 0.6 is 0 Å². The Morgan fingerprint density at radius 1 is 1.00 bits per heavy atom. The van der Waals surface area contributed by atoms with Crippen molar-refractivity contribution >= 4 is 17.0 Å². The third-order valence-corrected chi connectivity index (χ3v) is 3.41. The second-order valence-corrected chi connectivity index (χ2v) is 5.19. The average molecular weight is 290 g/mol. The van der Waals surface area contributed by atoms with Crippen LogP contribution in [0.3, 0.4) is 0 Å². The summed E-state index contributed by atoms with van der Waals surface area (Å²) in [6, 6.07) is 15.2. The Bertz CT molecular complexity index is 601. The molecule has 20 heavy (non-hydrogen) atoms. The van der Waals surface area contributed by atoms with Crippen LogP contribution in [-0.4, -0.2) is 13.9 Å². The number of benzene rings is 2. The van der Waals surface area contributed by atoms with Gasteiger partial charge in [-0.15, -0.1) is 0 Å². The molecule has 4 nitrogen and oxygen atoms in total. The number of rotatable bonds is 6. The molecule has 0 aliphatic rings. The van der Waals surface area contributed by atoms with Crippen LogP contribution in [0, 0.1) is 0 Å². The van der Waals surface area contributed by atoms with Gasteiger partial charge in [0.25, 0.3) is 0 Å². The van der Waals surface area contributed by atoms with Gasteiger partial charge in [0.15, 0.2) is 0 Å². The van der Waals surface area contributed by atoms with Gasteiger partial charge >= 0.3 is 0 Å². The average Bonchev–Trinajstić information content (AvgIpc) is 2.45. The monoisotopic (exact) mass is 290 g/mol. The maximum absolute atomic E-state index is 10.6. The lowest BCUT2D eigenvalue weighted by atomic mass is 10.0. The first kappa shape index (κ1) is 14.7. The Morgan fingerprint density at radius 2 is 1.60 bits per heavy atom. The fourth-order valence-electron chi connectivity index (χ4n) is 2.06. The van der Waals surface area contributed by atoms with E-state index >= 15 is 0 Å². The number of aliphatic hydroxyl groups excluding tert-OH is 1. The van der Waals surface area contributed by atoms with Crippen LogP contribution in [0.15, 0.2) is 48.5 Å². The van der Waals surface area contributed by atoms with Crippen molar-refractivity contribution in [2.45, 2.75) is 19.4 Å². The van der Waals surface area contributed by atoms with E-state index in [-0.39, 0.29) is 6.61 Å². The summed E-state index contributed by atoms with van der Waals surface area (Å²) < 4.78 is 23.5. The largest absolute Gasteiger partial charge is 0.755 e. The molecule has 0 heterocycles. The second kappa shape index (κ2) is 7.19. The predicted octanol–water partition coefficient (Wildman–Crippen LogP) is 2.17. The Morgan fingerprint density at radius 3 is 2.25 bits per heavy atom. The zero-order valence-corrected chi connectivity index (χ0v) is 11.7. The summed E-state index contributed by atoms with van der Waals surface area (Å²) in [5.41, 5.74) is 3.69. The highest BCUT2D eigenvalue weighted by Gasteiger charge is 1.99. The van der Waals surface area contributed by atoms with Crippen molar-refractivity contribution in [1.82, 2.24) is 0 Å². The molecule has 0 aliphatic heterocycles. The van der Waals surface area contributed by atoms with Crippen molar-refractivity contribution in [3.05, 3.63) is 65.2 Å². The Balaban J connectivity index is 2.01. The van der Waals surface area contributed by atoms with E-state index in [1.807, 2.05) is 42.5 Å². The second-order valence-electron chi connectivity index (χ2n) is 4.52. The summed E-state index contributed by atoms with van der Waals surface area (Å²) in [6.45, 7) is 0.0442. The lowest BCUT2D eigenvalue weighted by molar-refractivity contribution is 0.281. The first-order valence-corrected chi connectivity index (χ1v) is 7.38. The van der Waals surface area contributed by atoms with Crippen LogP contribution < -0.4 is 4.72 Å². The summed E-state index contributed by atoms with van der Waals surface area (Å²) in [5, 5.41) is 9.10. The van der Waals surface area contributed by atoms with Gasteiger partial charge in [0.05, 0.1) is 6.61 Å². The van der Waals surface area contributed by atoms with Crippen molar-refractivity contribution in [2.24, 2.45) is 0 Å². The minimum Gasteiger partial charge on any atom is -0.755 e. The van der Waals surface area contributed by atoms with Gasteiger partial charge in [-0.1, -0.05) is 36.4 Å². The van der Waals surface area contributed by atoms with E-state index < -0.39 is 11.3 Å². The van der Waals surface area contributed by atoms with Gasteiger partial charge in [0.2, 0.25) is 0 Å². The summed E-state index contributed by atoms with van der Waals surface area (Å²) in [5.74, 6) is 0. The SMILES string of the molecule is O=S([O-])Nc1cccc(CCc2cccc(CO)c2)c1. The smallest absolute Gasteiger partial charge is 0.0681 e. The molecule has 0 aliphatic carbocycles. The first-order chi connectivity index (χ1) is 9.67. The fraction of sp³-hybridized carbons (Fsp3) is 0.200. The molecule has 1 atom stereocenters. The quantitative estimate of drug-likeness (QED) is 0.801. The molecule has 2 aromatic rings. The molecule has 0 amide bonds. The zero-order valence-electron chi connectivity index (χ0n) is 10.9. The predicted molar refractivity (Wildman–Crippen MR) is 78.8 cm³/mol.